The van der Waals surface area contributed by atoms with Crippen LogP contribution in [0.3, 0.4) is 0 Å². The number of carbonyl (C=O) groups is 1. The van der Waals surface area contributed by atoms with Gasteiger partial charge in [-0.2, -0.15) is 5.10 Å². The molecule has 0 amide bonds. The topological polar surface area (TPSA) is 47.3 Å². The molecule has 0 aliphatic heterocycles. The maximum Gasteiger partial charge on any atom is 0.155 e. The molecule has 0 radical (unpaired) electrons. The highest BCUT2D eigenvalue weighted by Crippen LogP contribution is 2.19. The van der Waals surface area contributed by atoms with Crippen LogP contribution in [0.25, 0.3) is 5.52 Å². The predicted octanol–water partition coefficient (Wildman–Crippen LogP) is 1.50. The number of aryl methyl sites for hydroxylation is 1. The molecule has 66 valence electrons. The Hall–Kier alpha value is -1.42. The first-order valence-corrected chi connectivity index (χ1v) is 4.06. The first-order valence-electron chi connectivity index (χ1n) is 3.68. The van der Waals surface area contributed by atoms with Crippen molar-refractivity contribution in [2.24, 2.45) is 0 Å². The van der Waals surface area contributed by atoms with Crippen molar-refractivity contribution in [3.63, 3.8) is 0 Å². The Labute approximate surface area is 79.2 Å². The van der Waals surface area contributed by atoms with E-state index in [0.717, 1.165) is 6.29 Å². The van der Waals surface area contributed by atoms with Crippen LogP contribution >= 0.6 is 11.6 Å². The fourth-order valence-electron chi connectivity index (χ4n) is 1.24. The largest absolute Gasteiger partial charge is 0.298 e. The molecular formula is C8H6ClN3O. The smallest absolute Gasteiger partial charge is 0.155 e. The van der Waals surface area contributed by atoms with Gasteiger partial charge in [-0.1, -0.05) is 11.6 Å². The van der Waals surface area contributed by atoms with Crippen molar-refractivity contribution in [3.8, 4) is 0 Å². The van der Waals surface area contributed by atoms with Gasteiger partial charge in [-0.3, -0.25) is 4.79 Å². The lowest BCUT2D eigenvalue weighted by molar-refractivity contribution is 0.112. The highest BCUT2D eigenvalue weighted by Gasteiger charge is 2.11. The first-order chi connectivity index (χ1) is 6.24. The molecule has 2 aromatic rings. The molecule has 0 atom stereocenters. The lowest BCUT2D eigenvalue weighted by Crippen LogP contribution is -1.89. The summed E-state index contributed by atoms with van der Waals surface area (Å²) in [5, 5.41) is 4.40. The van der Waals surface area contributed by atoms with Crippen LogP contribution in [0.2, 0.25) is 5.15 Å². The Morgan fingerprint density at radius 1 is 1.62 bits per heavy atom. The van der Waals surface area contributed by atoms with E-state index in [1.807, 2.05) is 0 Å². The van der Waals surface area contributed by atoms with E-state index in [9.17, 15) is 4.79 Å². The van der Waals surface area contributed by atoms with Crippen molar-refractivity contribution in [2.75, 3.05) is 0 Å². The number of hydrogen-bond acceptors (Lipinski definition) is 3. The number of aldehydes is 1. The summed E-state index contributed by atoms with van der Waals surface area (Å²) in [6.45, 7) is 1.76. The summed E-state index contributed by atoms with van der Waals surface area (Å²) in [7, 11) is 0. The van der Waals surface area contributed by atoms with Gasteiger partial charge in [-0.25, -0.2) is 9.50 Å². The van der Waals surface area contributed by atoms with Crippen LogP contribution in [0.4, 0.5) is 0 Å². The Morgan fingerprint density at radius 2 is 2.38 bits per heavy atom. The van der Waals surface area contributed by atoms with E-state index in [1.165, 1.54) is 6.20 Å². The summed E-state index contributed by atoms with van der Waals surface area (Å²) in [4.78, 5) is 14.6. The third kappa shape index (κ3) is 1.10. The van der Waals surface area contributed by atoms with Crippen LogP contribution in [-0.2, 0) is 0 Å². The van der Waals surface area contributed by atoms with Crippen LogP contribution in [0.1, 0.15) is 16.1 Å². The van der Waals surface area contributed by atoms with Crippen molar-refractivity contribution < 1.29 is 4.79 Å². The Kier molecular flexibility index (Phi) is 1.77. The average Bonchev–Trinajstić information content (AvgIpc) is 2.42. The van der Waals surface area contributed by atoms with Gasteiger partial charge in [-0.05, 0) is 6.92 Å². The molecule has 2 rings (SSSR count). The van der Waals surface area contributed by atoms with E-state index < -0.39 is 0 Å². The van der Waals surface area contributed by atoms with Gasteiger partial charge in [0.15, 0.2) is 11.4 Å². The molecule has 0 fully saturated rings. The lowest BCUT2D eigenvalue weighted by atomic mass is 10.2. The molecule has 0 saturated carbocycles. The number of carbonyl (C=O) groups excluding carboxylic acids is 1. The summed E-state index contributed by atoms with van der Waals surface area (Å²) in [6, 6.07) is 0. The number of halogens is 1. The average molecular weight is 196 g/mol. The third-order valence-electron chi connectivity index (χ3n) is 1.84. The monoisotopic (exact) mass is 195 g/mol. The van der Waals surface area contributed by atoms with E-state index in [1.54, 1.807) is 17.6 Å². The minimum absolute atomic E-state index is 0.296. The highest BCUT2D eigenvalue weighted by molar-refractivity contribution is 6.33. The maximum absolute atomic E-state index is 10.7. The molecule has 0 bridgehead atoms. The van der Waals surface area contributed by atoms with Crippen molar-refractivity contribution >= 4 is 23.4 Å². The molecule has 0 aliphatic rings. The zero-order valence-electron chi connectivity index (χ0n) is 6.86. The van der Waals surface area contributed by atoms with Gasteiger partial charge < -0.3 is 0 Å². The van der Waals surface area contributed by atoms with E-state index in [4.69, 9.17) is 11.6 Å². The van der Waals surface area contributed by atoms with E-state index >= 15 is 0 Å². The third-order valence-corrected chi connectivity index (χ3v) is 2.12. The van der Waals surface area contributed by atoms with Crippen molar-refractivity contribution in [1.82, 2.24) is 14.6 Å². The van der Waals surface area contributed by atoms with Gasteiger partial charge in [0.1, 0.15) is 5.52 Å². The molecule has 0 aromatic carbocycles. The van der Waals surface area contributed by atoms with E-state index in [0.29, 0.717) is 21.9 Å². The van der Waals surface area contributed by atoms with Crippen molar-refractivity contribution in [1.29, 1.82) is 0 Å². The van der Waals surface area contributed by atoms with Crippen molar-refractivity contribution in [3.05, 3.63) is 28.8 Å². The normalized spacial score (nSPS) is 10.6. The van der Waals surface area contributed by atoms with Crippen LogP contribution in [-0.4, -0.2) is 20.9 Å². The van der Waals surface area contributed by atoms with E-state index in [-0.39, 0.29) is 0 Å². The Balaban J connectivity index is 2.96. The molecule has 0 saturated heterocycles. The predicted molar refractivity (Wildman–Crippen MR) is 48.1 cm³/mol. The van der Waals surface area contributed by atoms with Crippen LogP contribution in [0.5, 0.6) is 0 Å². The SMILES string of the molecule is Cc1nn2ccnc(Cl)c2c1C=O. The summed E-state index contributed by atoms with van der Waals surface area (Å²) in [5.41, 5.74) is 1.72. The van der Waals surface area contributed by atoms with Gasteiger partial charge in [0.2, 0.25) is 0 Å². The zero-order valence-corrected chi connectivity index (χ0v) is 7.62. The number of rotatable bonds is 1. The zero-order chi connectivity index (χ0) is 9.42. The van der Waals surface area contributed by atoms with Gasteiger partial charge in [-0.15, -0.1) is 0 Å². The van der Waals surface area contributed by atoms with Gasteiger partial charge >= 0.3 is 0 Å². The first kappa shape index (κ1) is 8.19. The molecule has 2 aromatic heterocycles. The number of nitrogens with zero attached hydrogens (tertiary/aromatic N) is 3. The highest BCUT2D eigenvalue weighted by atomic mass is 35.5. The molecule has 0 spiro atoms. The second kappa shape index (κ2) is 2.81. The number of fused-ring (bicyclic) bond motifs is 1. The van der Waals surface area contributed by atoms with Crippen LogP contribution in [0, 0.1) is 6.92 Å². The van der Waals surface area contributed by atoms with Crippen molar-refractivity contribution in [2.45, 2.75) is 6.92 Å². The second-order valence-electron chi connectivity index (χ2n) is 2.63. The molecule has 13 heavy (non-hydrogen) atoms. The van der Waals surface area contributed by atoms with Gasteiger partial charge in [0.25, 0.3) is 0 Å². The van der Waals surface area contributed by atoms with Gasteiger partial charge in [0, 0.05) is 12.4 Å². The molecular weight excluding hydrogens is 190 g/mol. The quantitative estimate of drug-likeness (QED) is 0.648. The van der Waals surface area contributed by atoms with Crippen LogP contribution < -0.4 is 0 Å². The summed E-state index contributed by atoms with van der Waals surface area (Å²) in [5.74, 6) is 0. The molecule has 4 nitrogen and oxygen atoms in total. The Bertz CT molecular complexity index is 477. The number of hydrogen-bond donors (Lipinski definition) is 0. The minimum Gasteiger partial charge on any atom is -0.298 e. The minimum atomic E-state index is 0.296. The number of aromatic nitrogens is 3. The summed E-state index contributed by atoms with van der Waals surface area (Å²) in [6.07, 6.45) is 3.93. The van der Waals surface area contributed by atoms with E-state index in [2.05, 4.69) is 10.1 Å². The fourth-order valence-corrected chi connectivity index (χ4v) is 1.48. The maximum atomic E-state index is 10.7. The Morgan fingerprint density at radius 3 is 3.08 bits per heavy atom. The standard InChI is InChI=1S/C8H6ClN3O/c1-5-6(4-13)7-8(9)10-2-3-12(7)11-5/h2-4H,1H3. The van der Waals surface area contributed by atoms with Crippen LogP contribution in [0.15, 0.2) is 12.4 Å². The second-order valence-corrected chi connectivity index (χ2v) is 2.99. The van der Waals surface area contributed by atoms with Gasteiger partial charge in [0.05, 0.1) is 11.3 Å². The molecule has 2 heterocycles. The fraction of sp³-hybridized carbons (Fsp3) is 0.125. The lowest BCUT2D eigenvalue weighted by Gasteiger charge is -1.93. The molecule has 0 N–H and O–H groups in total. The molecule has 0 unspecified atom stereocenters. The summed E-state index contributed by atoms with van der Waals surface area (Å²) < 4.78 is 1.55. The molecule has 5 heteroatoms. The molecule has 0 aliphatic carbocycles. The summed E-state index contributed by atoms with van der Waals surface area (Å²) >= 11 is 5.82.